The molecule has 0 spiro atoms. The quantitative estimate of drug-likeness (QED) is 0.787. The molecule has 0 bridgehead atoms. The van der Waals surface area contributed by atoms with Crippen LogP contribution < -0.4 is 10.6 Å². The summed E-state index contributed by atoms with van der Waals surface area (Å²) in [6.45, 7) is 2.87. The molecule has 1 unspecified atom stereocenters. The van der Waals surface area contributed by atoms with E-state index in [9.17, 15) is 4.79 Å². The maximum absolute atomic E-state index is 11.9. The van der Waals surface area contributed by atoms with Crippen molar-refractivity contribution in [2.24, 2.45) is 11.7 Å². The lowest BCUT2D eigenvalue weighted by molar-refractivity contribution is -0.121. The zero-order valence-electron chi connectivity index (χ0n) is 14.4. The molecule has 1 aliphatic heterocycles. The Labute approximate surface area is 148 Å². The van der Waals surface area contributed by atoms with Crippen molar-refractivity contribution in [2.45, 2.75) is 19.4 Å². The maximum Gasteiger partial charge on any atom is 0.222 e. The van der Waals surface area contributed by atoms with E-state index in [4.69, 9.17) is 5.73 Å². The highest BCUT2D eigenvalue weighted by atomic mass is 16.1. The molecule has 0 fully saturated rings. The Morgan fingerprint density at radius 1 is 1.04 bits per heavy atom. The van der Waals surface area contributed by atoms with Crippen molar-refractivity contribution in [1.82, 2.24) is 0 Å². The highest BCUT2D eigenvalue weighted by Gasteiger charge is 2.31. The predicted molar refractivity (Wildman–Crippen MR) is 103 cm³/mol. The molecule has 4 rings (SSSR count). The fourth-order valence-electron chi connectivity index (χ4n) is 3.97. The van der Waals surface area contributed by atoms with Crippen LogP contribution in [0.5, 0.6) is 0 Å². The second-order valence-corrected chi connectivity index (χ2v) is 6.83. The number of nitrogens with two attached hydrogens (primary N) is 1. The molecule has 0 aromatic heterocycles. The third kappa shape index (κ3) is 2.76. The van der Waals surface area contributed by atoms with Crippen LogP contribution >= 0.6 is 0 Å². The number of fused-ring (bicyclic) bond motifs is 2. The number of carbonyl (C=O) groups is 1. The van der Waals surface area contributed by atoms with E-state index in [1.54, 1.807) is 0 Å². The van der Waals surface area contributed by atoms with E-state index in [-0.39, 0.29) is 17.9 Å². The molecule has 0 saturated carbocycles. The molecule has 0 saturated heterocycles. The molecule has 1 amide bonds. The van der Waals surface area contributed by atoms with Gasteiger partial charge in [-0.3, -0.25) is 4.79 Å². The smallest absolute Gasteiger partial charge is 0.222 e. The maximum atomic E-state index is 11.9. The van der Waals surface area contributed by atoms with E-state index in [2.05, 4.69) is 72.5 Å². The first-order chi connectivity index (χ1) is 12.1. The van der Waals surface area contributed by atoms with E-state index in [1.165, 1.54) is 27.6 Å². The molecule has 2 N–H and O–H groups in total. The van der Waals surface area contributed by atoms with Crippen LogP contribution in [-0.4, -0.2) is 12.5 Å². The highest BCUT2D eigenvalue weighted by Crippen LogP contribution is 2.37. The van der Waals surface area contributed by atoms with E-state index in [0.29, 0.717) is 6.54 Å². The molecular formula is C22H22N2O. The minimum atomic E-state index is -0.218. The summed E-state index contributed by atoms with van der Waals surface area (Å²) in [7, 11) is 0. The van der Waals surface area contributed by atoms with Gasteiger partial charge in [0, 0.05) is 12.2 Å². The summed E-state index contributed by atoms with van der Waals surface area (Å²) in [5.41, 5.74) is 9.33. The van der Waals surface area contributed by atoms with Crippen molar-refractivity contribution >= 4 is 22.4 Å². The van der Waals surface area contributed by atoms with Gasteiger partial charge in [-0.15, -0.1) is 0 Å². The van der Waals surface area contributed by atoms with Gasteiger partial charge in [0.1, 0.15) is 0 Å². The molecular weight excluding hydrogens is 308 g/mol. The van der Waals surface area contributed by atoms with Gasteiger partial charge in [0.05, 0.1) is 12.0 Å². The van der Waals surface area contributed by atoms with E-state index in [0.717, 1.165) is 6.42 Å². The number of para-hydroxylation sites is 1. The Morgan fingerprint density at radius 3 is 2.60 bits per heavy atom. The topological polar surface area (TPSA) is 46.3 Å². The van der Waals surface area contributed by atoms with Gasteiger partial charge in [0.25, 0.3) is 0 Å². The van der Waals surface area contributed by atoms with Crippen molar-refractivity contribution < 1.29 is 4.79 Å². The predicted octanol–water partition coefficient (Wildman–Crippen LogP) is 4.07. The molecule has 3 aromatic rings. The van der Waals surface area contributed by atoms with Crippen LogP contribution in [0.15, 0.2) is 66.7 Å². The van der Waals surface area contributed by atoms with E-state index < -0.39 is 0 Å². The molecule has 0 aliphatic carbocycles. The number of anilines is 1. The van der Waals surface area contributed by atoms with E-state index >= 15 is 0 Å². The number of primary amides is 1. The minimum absolute atomic E-state index is 0.146. The highest BCUT2D eigenvalue weighted by molar-refractivity contribution is 5.86. The van der Waals surface area contributed by atoms with Crippen LogP contribution in [0.4, 0.5) is 5.69 Å². The Balaban J connectivity index is 1.80. The molecule has 0 radical (unpaired) electrons. The van der Waals surface area contributed by atoms with E-state index in [1.807, 2.05) is 6.07 Å². The Kier molecular flexibility index (Phi) is 3.92. The summed E-state index contributed by atoms with van der Waals surface area (Å²) >= 11 is 0. The number of benzene rings is 3. The van der Waals surface area contributed by atoms with Crippen LogP contribution in [0.25, 0.3) is 10.8 Å². The first-order valence-electron chi connectivity index (χ1n) is 8.76. The lowest BCUT2D eigenvalue weighted by Crippen LogP contribution is -2.42. The third-order valence-corrected chi connectivity index (χ3v) is 5.33. The fraction of sp³-hybridized carbons (Fsp3) is 0.227. The van der Waals surface area contributed by atoms with Crippen LogP contribution in [0.2, 0.25) is 0 Å². The molecule has 1 heterocycles. The number of amides is 1. The van der Waals surface area contributed by atoms with Crippen LogP contribution in [-0.2, 0) is 11.2 Å². The summed E-state index contributed by atoms with van der Waals surface area (Å²) in [6, 6.07) is 23.4. The summed E-state index contributed by atoms with van der Waals surface area (Å²) in [5, 5.41) is 2.50. The lowest BCUT2D eigenvalue weighted by atomic mass is 9.89. The van der Waals surface area contributed by atoms with Gasteiger partial charge in [-0.05, 0) is 41.3 Å². The minimum Gasteiger partial charge on any atom is -0.369 e. The van der Waals surface area contributed by atoms with Gasteiger partial charge in [0.15, 0.2) is 0 Å². The fourth-order valence-corrected chi connectivity index (χ4v) is 3.97. The zero-order chi connectivity index (χ0) is 17.4. The average Bonchev–Trinajstić information content (AvgIpc) is 2.66. The van der Waals surface area contributed by atoms with Crippen molar-refractivity contribution in [2.75, 3.05) is 11.4 Å². The van der Waals surface area contributed by atoms with Gasteiger partial charge in [0.2, 0.25) is 5.91 Å². The molecule has 1 aliphatic rings. The number of hydrogen-bond donors (Lipinski definition) is 1. The van der Waals surface area contributed by atoms with Gasteiger partial charge >= 0.3 is 0 Å². The Bertz CT molecular complexity index is 929. The first kappa shape index (κ1) is 15.7. The van der Waals surface area contributed by atoms with Gasteiger partial charge in [-0.25, -0.2) is 0 Å². The van der Waals surface area contributed by atoms with Gasteiger partial charge in [-0.1, -0.05) is 60.7 Å². The molecule has 126 valence electrons. The first-order valence-corrected chi connectivity index (χ1v) is 8.76. The van der Waals surface area contributed by atoms with Crippen molar-refractivity contribution in [3.8, 4) is 0 Å². The average molecular weight is 330 g/mol. The van der Waals surface area contributed by atoms with Crippen LogP contribution in [0, 0.1) is 5.92 Å². The summed E-state index contributed by atoms with van der Waals surface area (Å²) in [4.78, 5) is 14.2. The molecule has 3 heteroatoms. The Morgan fingerprint density at radius 2 is 1.76 bits per heavy atom. The largest absolute Gasteiger partial charge is 0.369 e. The Hall–Kier alpha value is -2.81. The summed E-state index contributed by atoms with van der Waals surface area (Å²) < 4.78 is 0. The van der Waals surface area contributed by atoms with Gasteiger partial charge in [-0.2, -0.15) is 0 Å². The number of hydrogen-bond acceptors (Lipinski definition) is 2. The van der Waals surface area contributed by atoms with Crippen molar-refractivity contribution in [1.29, 1.82) is 0 Å². The normalized spacial score (nSPS) is 18.0. The molecule has 3 aromatic carbocycles. The second kappa shape index (κ2) is 6.25. The molecule has 2 atom stereocenters. The van der Waals surface area contributed by atoms with Crippen LogP contribution in [0.3, 0.4) is 0 Å². The van der Waals surface area contributed by atoms with Crippen molar-refractivity contribution in [3.05, 3.63) is 77.9 Å². The summed E-state index contributed by atoms with van der Waals surface area (Å²) in [5.74, 6) is -0.364. The van der Waals surface area contributed by atoms with Gasteiger partial charge < -0.3 is 10.6 Å². The standard InChI is InChI=1S/C22H22N2O/c1-15(19-11-6-9-16-7-2-4-10-20(16)19)24-14-18(22(23)25)13-17-8-3-5-12-21(17)24/h2-12,15,18H,13-14H2,1H3,(H2,23,25)/t15-,18?/m1/s1. The SMILES string of the molecule is C[C@H](c1cccc2ccccc12)N1CC(C(N)=O)Cc2ccccc21. The number of carbonyl (C=O) groups excluding carboxylic acids is 1. The number of rotatable bonds is 3. The zero-order valence-corrected chi connectivity index (χ0v) is 14.4. The summed E-state index contributed by atoms with van der Waals surface area (Å²) in [6.07, 6.45) is 0.726. The number of nitrogens with zero attached hydrogens (tertiary/aromatic N) is 1. The monoisotopic (exact) mass is 330 g/mol. The van der Waals surface area contributed by atoms with Crippen LogP contribution in [0.1, 0.15) is 24.1 Å². The van der Waals surface area contributed by atoms with Crippen molar-refractivity contribution in [3.63, 3.8) is 0 Å². The lowest BCUT2D eigenvalue weighted by Gasteiger charge is -2.39. The molecule has 25 heavy (non-hydrogen) atoms. The third-order valence-electron chi connectivity index (χ3n) is 5.33. The second-order valence-electron chi connectivity index (χ2n) is 6.83. The molecule has 3 nitrogen and oxygen atoms in total.